The van der Waals surface area contributed by atoms with Gasteiger partial charge in [-0.3, -0.25) is 0 Å². The van der Waals surface area contributed by atoms with Crippen LogP contribution in [0.25, 0.3) is 77.6 Å². The van der Waals surface area contributed by atoms with Crippen molar-refractivity contribution < 1.29 is 4.42 Å². The Hall–Kier alpha value is -7.42. The molecule has 0 atom stereocenters. The molecule has 264 valence electrons. The van der Waals surface area contributed by atoms with E-state index in [2.05, 4.69) is 217 Å². The van der Waals surface area contributed by atoms with E-state index in [0.717, 1.165) is 50.1 Å². The molecule has 0 amide bonds. The van der Waals surface area contributed by atoms with Crippen molar-refractivity contribution >= 4 is 39.0 Å². The minimum Gasteiger partial charge on any atom is -0.456 e. The van der Waals surface area contributed by atoms with Crippen molar-refractivity contribution in [2.75, 3.05) is 4.90 Å². The summed E-state index contributed by atoms with van der Waals surface area (Å²) in [6, 6.07) is 80.2. The van der Waals surface area contributed by atoms with Gasteiger partial charge in [-0.05, 0) is 98.6 Å². The van der Waals surface area contributed by atoms with Crippen LogP contribution in [0.15, 0.2) is 229 Å². The second-order valence-corrected chi connectivity index (χ2v) is 14.1. The van der Waals surface area contributed by atoms with E-state index in [1.165, 1.54) is 44.5 Å². The summed E-state index contributed by atoms with van der Waals surface area (Å²) >= 11 is 0. The average molecular weight is 716 g/mol. The second kappa shape index (κ2) is 14.4. The normalized spacial score (nSPS) is 11.2. The monoisotopic (exact) mass is 715 g/mol. The highest BCUT2D eigenvalue weighted by Crippen LogP contribution is 2.48. The molecule has 9 aromatic carbocycles. The SMILES string of the molecule is c1ccc(-c2ccc(N(c3ccc(-c4ccc5oc6ccccc6c5c4)cc3)c3cccc(-c4ccccc4)c3-c3ccccc3-c3ccccc3)cc2)cc1. The Balaban J connectivity index is 1.17. The molecule has 1 aromatic heterocycles. The molecule has 1 heterocycles. The quantitative estimate of drug-likeness (QED) is 0.156. The number of fused-ring (bicyclic) bond motifs is 3. The third-order valence-corrected chi connectivity index (χ3v) is 10.7. The van der Waals surface area contributed by atoms with Gasteiger partial charge in [-0.2, -0.15) is 0 Å². The van der Waals surface area contributed by atoms with Gasteiger partial charge in [0.25, 0.3) is 0 Å². The topological polar surface area (TPSA) is 16.4 Å². The molecule has 2 nitrogen and oxygen atoms in total. The van der Waals surface area contributed by atoms with Crippen LogP contribution in [0.4, 0.5) is 17.1 Å². The summed E-state index contributed by atoms with van der Waals surface area (Å²) in [6.45, 7) is 0. The lowest BCUT2D eigenvalue weighted by molar-refractivity contribution is 0.669. The Morgan fingerprint density at radius 1 is 0.286 bits per heavy atom. The van der Waals surface area contributed by atoms with E-state index >= 15 is 0 Å². The van der Waals surface area contributed by atoms with Crippen LogP contribution >= 0.6 is 0 Å². The summed E-state index contributed by atoms with van der Waals surface area (Å²) in [5.41, 5.74) is 16.8. The average Bonchev–Trinajstić information content (AvgIpc) is 3.66. The molecule has 0 aliphatic rings. The zero-order valence-electron chi connectivity index (χ0n) is 30.7. The van der Waals surface area contributed by atoms with Crippen LogP contribution in [0.1, 0.15) is 0 Å². The van der Waals surface area contributed by atoms with Crippen LogP contribution < -0.4 is 4.90 Å². The van der Waals surface area contributed by atoms with E-state index in [0.29, 0.717) is 0 Å². The first kappa shape index (κ1) is 33.2. The van der Waals surface area contributed by atoms with Crippen LogP contribution in [-0.2, 0) is 0 Å². The summed E-state index contributed by atoms with van der Waals surface area (Å²) in [5, 5.41) is 2.26. The maximum Gasteiger partial charge on any atom is 0.135 e. The molecule has 0 bridgehead atoms. The Morgan fingerprint density at radius 2 is 0.750 bits per heavy atom. The van der Waals surface area contributed by atoms with Crippen LogP contribution in [0.2, 0.25) is 0 Å². The van der Waals surface area contributed by atoms with Crippen molar-refractivity contribution in [3.8, 4) is 55.6 Å². The molecule has 10 rings (SSSR count). The Kier molecular flexibility index (Phi) is 8.55. The van der Waals surface area contributed by atoms with Crippen LogP contribution in [0.5, 0.6) is 0 Å². The second-order valence-electron chi connectivity index (χ2n) is 14.1. The first-order valence-corrected chi connectivity index (χ1v) is 19.1. The van der Waals surface area contributed by atoms with Gasteiger partial charge in [-0.1, -0.05) is 176 Å². The molecule has 0 aliphatic carbocycles. The molecule has 0 saturated heterocycles. The summed E-state index contributed by atoms with van der Waals surface area (Å²) < 4.78 is 6.15. The van der Waals surface area contributed by atoms with Crippen molar-refractivity contribution in [3.63, 3.8) is 0 Å². The maximum atomic E-state index is 6.15. The maximum absolute atomic E-state index is 6.15. The van der Waals surface area contributed by atoms with E-state index in [4.69, 9.17) is 4.42 Å². The highest BCUT2D eigenvalue weighted by molar-refractivity contribution is 6.06. The number of hydrogen-bond donors (Lipinski definition) is 0. The molecule has 2 heteroatoms. The van der Waals surface area contributed by atoms with Crippen molar-refractivity contribution in [3.05, 3.63) is 224 Å². The predicted octanol–water partition coefficient (Wildman–Crippen LogP) is 15.4. The van der Waals surface area contributed by atoms with Crippen LogP contribution in [0, 0.1) is 0 Å². The number of furan rings is 1. The van der Waals surface area contributed by atoms with E-state index in [1.807, 2.05) is 12.1 Å². The summed E-state index contributed by atoms with van der Waals surface area (Å²) in [7, 11) is 0. The van der Waals surface area contributed by atoms with E-state index in [-0.39, 0.29) is 0 Å². The smallest absolute Gasteiger partial charge is 0.135 e. The summed E-state index contributed by atoms with van der Waals surface area (Å²) in [5.74, 6) is 0. The lowest BCUT2D eigenvalue weighted by atomic mass is 9.87. The first-order valence-electron chi connectivity index (χ1n) is 19.1. The number of para-hydroxylation sites is 1. The third kappa shape index (κ3) is 6.14. The minimum absolute atomic E-state index is 0.901. The van der Waals surface area contributed by atoms with Gasteiger partial charge in [0, 0.05) is 27.7 Å². The fraction of sp³-hybridized carbons (Fsp3) is 0. The van der Waals surface area contributed by atoms with Crippen LogP contribution in [-0.4, -0.2) is 0 Å². The fourth-order valence-corrected chi connectivity index (χ4v) is 8.01. The summed E-state index contributed by atoms with van der Waals surface area (Å²) in [4.78, 5) is 2.41. The first-order chi connectivity index (χ1) is 27.8. The largest absolute Gasteiger partial charge is 0.456 e. The molecule has 0 aliphatic heterocycles. The standard InChI is InChI=1S/C54H37NO/c1-4-15-38(16-5-1)39-27-32-44(33-28-39)55(45-34-29-40(30-35-45)43-31-36-53-50(37-43)48-22-12-13-26-52(48)56-53)51-25-14-24-47(42-19-8-3-9-20-42)54(51)49-23-11-10-21-46(49)41-17-6-2-7-18-41/h1-37H. The van der Waals surface area contributed by atoms with Crippen molar-refractivity contribution in [2.24, 2.45) is 0 Å². The highest BCUT2D eigenvalue weighted by Gasteiger charge is 2.23. The number of nitrogens with zero attached hydrogens (tertiary/aromatic N) is 1. The molecular formula is C54H37NO. The van der Waals surface area contributed by atoms with E-state index < -0.39 is 0 Å². The number of benzene rings is 9. The van der Waals surface area contributed by atoms with Crippen molar-refractivity contribution in [2.45, 2.75) is 0 Å². The molecule has 10 aromatic rings. The van der Waals surface area contributed by atoms with Crippen molar-refractivity contribution in [1.29, 1.82) is 0 Å². The fourth-order valence-electron chi connectivity index (χ4n) is 8.01. The van der Waals surface area contributed by atoms with Crippen LogP contribution in [0.3, 0.4) is 0 Å². The molecule has 0 fully saturated rings. The third-order valence-electron chi connectivity index (χ3n) is 10.7. The number of anilines is 3. The lowest BCUT2D eigenvalue weighted by Crippen LogP contribution is -2.12. The Labute approximate surface area is 327 Å². The van der Waals surface area contributed by atoms with Gasteiger partial charge in [0.1, 0.15) is 11.2 Å². The highest BCUT2D eigenvalue weighted by atomic mass is 16.3. The molecule has 0 unspecified atom stereocenters. The molecule has 0 radical (unpaired) electrons. The van der Waals surface area contributed by atoms with Gasteiger partial charge in [0.2, 0.25) is 0 Å². The molecule has 0 N–H and O–H groups in total. The molecule has 0 spiro atoms. The molecular weight excluding hydrogens is 679 g/mol. The number of hydrogen-bond acceptors (Lipinski definition) is 2. The van der Waals surface area contributed by atoms with Gasteiger partial charge < -0.3 is 9.32 Å². The molecule has 56 heavy (non-hydrogen) atoms. The van der Waals surface area contributed by atoms with Gasteiger partial charge in [0.15, 0.2) is 0 Å². The van der Waals surface area contributed by atoms with Gasteiger partial charge in [-0.15, -0.1) is 0 Å². The minimum atomic E-state index is 0.901. The van der Waals surface area contributed by atoms with E-state index in [1.54, 1.807) is 0 Å². The zero-order chi connectivity index (χ0) is 37.3. The van der Waals surface area contributed by atoms with E-state index in [9.17, 15) is 0 Å². The summed E-state index contributed by atoms with van der Waals surface area (Å²) in [6.07, 6.45) is 0. The van der Waals surface area contributed by atoms with Gasteiger partial charge >= 0.3 is 0 Å². The zero-order valence-corrected chi connectivity index (χ0v) is 30.7. The van der Waals surface area contributed by atoms with Crippen molar-refractivity contribution in [1.82, 2.24) is 0 Å². The Morgan fingerprint density at radius 3 is 1.41 bits per heavy atom. The lowest BCUT2D eigenvalue weighted by Gasteiger charge is -2.30. The number of rotatable bonds is 8. The van der Waals surface area contributed by atoms with Gasteiger partial charge in [-0.25, -0.2) is 0 Å². The Bertz CT molecular complexity index is 2930. The molecule has 0 saturated carbocycles. The van der Waals surface area contributed by atoms with Gasteiger partial charge in [0.05, 0.1) is 5.69 Å². The predicted molar refractivity (Wildman–Crippen MR) is 236 cm³/mol.